The van der Waals surface area contributed by atoms with Crippen molar-refractivity contribution in [2.75, 3.05) is 17.2 Å². The van der Waals surface area contributed by atoms with Crippen molar-refractivity contribution in [3.8, 4) is 0 Å². The molecule has 3 nitrogen and oxygen atoms in total. The topological polar surface area (TPSA) is 37.0 Å². The molecule has 19 heavy (non-hydrogen) atoms. The third-order valence-electron chi connectivity index (χ3n) is 2.53. The molecule has 2 rings (SSSR count). The normalized spacial score (nSPS) is 10.3. The van der Waals surface area contributed by atoms with Crippen molar-refractivity contribution in [1.29, 1.82) is 0 Å². The maximum absolute atomic E-state index is 6.12. The van der Waals surface area contributed by atoms with Gasteiger partial charge in [0.15, 0.2) is 0 Å². The van der Waals surface area contributed by atoms with E-state index in [1.54, 1.807) is 24.5 Å². The van der Waals surface area contributed by atoms with Crippen molar-refractivity contribution in [3.63, 3.8) is 0 Å². The number of benzene rings is 1. The summed E-state index contributed by atoms with van der Waals surface area (Å²) in [7, 11) is 0. The van der Waals surface area contributed by atoms with Gasteiger partial charge in [0.2, 0.25) is 0 Å². The number of anilines is 3. The second-order valence-corrected chi connectivity index (χ2v) is 4.98. The second kappa shape index (κ2) is 6.64. The van der Waals surface area contributed by atoms with Gasteiger partial charge in [-0.25, -0.2) is 0 Å². The summed E-state index contributed by atoms with van der Waals surface area (Å²) in [5.41, 5.74) is 2.67. The molecular formula is C14H15Cl2N3. The molecule has 0 unspecified atom stereocenters. The monoisotopic (exact) mass is 295 g/mol. The van der Waals surface area contributed by atoms with Crippen LogP contribution in [0.2, 0.25) is 10.0 Å². The zero-order chi connectivity index (χ0) is 13.7. The van der Waals surface area contributed by atoms with Gasteiger partial charge in [-0.1, -0.05) is 30.1 Å². The largest absolute Gasteiger partial charge is 0.384 e. The van der Waals surface area contributed by atoms with Gasteiger partial charge >= 0.3 is 0 Å². The lowest BCUT2D eigenvalue weighted by Gasteiger charge is -2.10. The molecule has 5 heteroatoms. The first-order chi connectivity index (χ1) is 9.19. The van der Waals surface area contributed by atoms with Gasteiger partial charge in [-0.15, -0.1) is 0 Å². The predicted molar refractivity (Wildman–Crippen MR) is 82.8 cm³/mol. The Morgan fingerprint density at radius 1 is 1.11 bits per heavy atom. The molecule has 0 fully saturated rings. The van der Waals surface area contributed by atoms with E-state index in [9.17, 15) is 0 Å². The van der Waals surface area contributed by atoms with Gasteiger partial charge in [0, 0.05) is 11.6 Å². The molecule has 0 atom stereocenters. The molecule has 0 saturated carbocycles. The fourth-order valence-corrected chi connectivity index (χ4v) is 2.08. The first-order valence-electron chi connectivity index (χ1n) is 6.10. The molecule has 1 heterocycles. The number of nitrogens with one attached hydrogen (secondary N) is 2. The molecule has 0 aliphatic heterocycles. The van der Waals surface area contributed by atoms with Crippen LogP contribution in [-0.4, -0.2) is 11.5 Å². The summed E-state index contributed by atoms with van der Waals surface area (Å²) >= 11 is 12.0. The van der Waals surface area contributed by atoms with E-state index in [0.717, 1.165) is 30.0 Å². The van der Waals surface area contributed by atoms with Crippen LogP contribution in [-0.2, 0) is 0 Å². The van der Waals surface area contributed by atoms with Gasteiger partial charge in [0.05, 0.1) is 34.5 Å². The number of aromatic nitrogens is 1. The smallest absolute Gasteiger partial charge is 0.0655 e. The summed E-state index contributed by atoms with van der Waals surface area (Å²) in [6.45, 7) is 3.04. The number of hydrogen-bond donors (Lipinski definition) is 2. The Hall–Kier alpha value is -1.45. The van der Waals surface area contributed by atoms with E-state index >= 15 is 0 Å². The lowest BCUT2D eigenvalue weighted by molar-refractivity contribution is 0.978. The first-order valence-corrected chi connectivity index (χ1v) is 6.85. The minimum Gasteiger partial charge on any atom is -0.384 e. The molecule has 1 aromatic carbocycles. The van der Waals surface area contributed by atoms with Gasteiger partial charge in [0.1, 0.15) is 0 Å². The number of pyridine rings is 1. The fraction of sp³-hybridized carbons (Fsp3) is 0.214. The lowest BCUT2D eigenvalue weighted by Crippen LogP contribution is -2.01. The van der Waals surface area contributed by atoms with Gasteiger partial charge in [-0.3, -0.25) is 4.98 Å². The Kier molecular flexibility index (Phi) is 4.88. The molecule has 0 radical (unpaired) electrons. The minimum atomic E-state index is 0.583. The number of hydrogen-bond acceptors (Lipinski definition) is 3. The van der Waals surface area contributed by atoms with E-state index in [4.69, 9.17) is 23.2 Å². The van der Waals surface area contributed by atoms with E-state index in [-0.39, 0.29) is 0 Å². The quantitative estimate of drug-likeness (QED) is 0.819. The van der Waals surface area contributed by atoms with E-state index in [0.29, 0.717) is 10.0 Å². The van der Waals surface area contributed by atoms with E-state index < -0.39 is 0 Å². The summed E-state index contributed by atoms with van der Waals surface area (Å²) in [6.07, 6.45) is 4.62. The highest BCUT2D eigenvalue weighted by molar-refractivity contribution is 6.36. The molecule has 0 saturated heterocycles. The summed E-state index contributed by atoms with van der Waals surface area (Å²) in [4.78, 5) is 4.19. The van der Waals surface area contributed by atoms with Gasteiger partial charge in [-0.2, -0.15) is 0 Å². The highest BCUT2D eigenvalue weighted by atomic mass is 35.5. The third kappa shape index (κ3) is 4.01. The Labute approximate surface area is 123 Å². The highest BCUT2D eigenvalue weighted by Gasteiger charge is 2.02. The number of nitrogens with zero attached hydrogens (tertiary/aromatic N) is 1. The average molecular weight is 296 g/mol. The summed E-state index contributed by atoms with van der Waals surface area (Å²) in [6, 6.07) is 7.34. The minimum absolute atomic E-state index is 0.583. The van der Waals surface area contributed by atoms with Crippen LogP contribution in [0.3, 0.4) is 0 Å². The Morgan fingerprint density at radius 2 is 1.89 bits per heavy atom. The third-order valence-corrected chi connectivity index (χ3v) is 3.08. The van der Waals surface area contributed by atoms with Crippen LogP contribution < -0.4 is 10.6 Å². The molecule has 0 aliphatic rings. The van der Waals surface area contributed by atoms with E-state index in [1.165, 1.54) is 0 Å². The zero-order valence-electron chi connectivity index (χ0n) is 10.6. The second-order valence-electron chi connectivity index (χ2n) is 4.14. The Bertz CT molecular complexity index is 558. The molecule has 2 N–H and O–H groups in total. The molecular weight excluding hydrogens is 281 g/mol. The standard InChI is InChI=1S/C14H15Cl2N3/c1-2-5-18-11-7-12(9-17-8-11)19-14-4-3-10(15)6-13(14)16/h3-4,6-9,18-19H,2,5H2,1H3. The molecule has 100 valence electrons. The van der Waals surface area contributed by atoms with Crippen LogP contribution in [0.25, 0.3) is 0 Å². The highest BCUT2D eigenvalue weighted by Crippen LogP contribution is 2.28. The predicted octanol–water partition coefficient (Wildman–Crippen LogP) is 4.95. The van der Waals surface area contributed by atoms with Crippen molar-refractivity contribution in [3.05, 3.63) is 46.7 Å². The van der Waals surface area contributed by atoms with E-state index in [1.807, 2.05) is 12.1 Å². The van der Waals surface area contributed by atoms with Crippen molar-refractivity contribution in [1.82, 2.24) is 4.98 Å². The number of halogens is 2. The average Bonchev–Trinajstić information content (AvgIpc) is 2.40. The molecule has 0 aliphatic carbocycles. The van der Waals surface area contributed by atoms with Crippen LogP contribution in [0, 0.1) is 0 Å². The van der Waals surface area contributed by atoms with Gasteiger partial charge in [-0.05, 0) is 30.7 Å². The SMILES string of the molecule is CCCNc1cncc(Nc2ccc(Cl)cc2Cl)c1. The lowest BCUT2D eigenvalue weighted by atomic mass is 10.3. The molecule has 0 bridgehead atoms. The Morgan fingerprint density at radius 3 is 2.63 bits per heavy atom. The van der Waals surface area contributed by atoms with Crippen molar-refractivity contribution in [2.45, 2.75) is 13.3 Å². The van der Waals surface area contributed by atoms with Crippen molar-refractivity contribution in [2.24, 2.45) is 0 Å². The first kappa shape index (κ1) is 14.0. The van der Waals surface area contributed by atoms with E-state index in [2.05, 4.69) is 22.5 Å². The summed E-state index contributed by atoms with van der Waals surface area (Å²) in [5, 5.41) is 7.71. The summed E-state index contributed by atoms with van der Waals surface area (Å²) in [5.74, 6) is 0. The van der Waals surface area contributed by atoms with Gasteiger partial charge in [0.25, 0.3) is 0 Å². The van der Waals surface area contributed by atoms with Gasteiger partial charge < -0.3 is 10.6 Å². The fourth-order valence-electron chi connectivity index (χ4n) is 1.62. The molecule has 0 amide bonds. The molecule has 0 spiro atoms. The summed E-state index contributed by atoms with van der Waals surface area (Å²) < 4.78 is 0. The molecule has 1 aromatic heterocycles. The maximum Gasteiger partial charge on any atom is 0.0655 e. The van der Waals surface area contributed by atoms with Crippen LogP contribution in [0.1, 0.15) is 13.3 Å². The zero-order valence-corrected chi connectivity index (χ0v) is 12.1. The van der Waals surface area contributed by atoms with Crippen molar-refractivity contribution < 1.29 is 0 Å². The Balaban J connectivity index is 2.14. The van der Waals surface area contributed by atoms with Crippen molar-refractivity contribution >= 4 is 40.3 Å². The molecule has 2 aromatic rings. The number of rotatable bonds is 5. The maximum atomic E-state index is 6.12. The van der Waals surface area contributed by atoms with Crippen LogP contribution in [0.4, 0.5) is 17.1 Å². The van der Waals surface area contributed by atoms with Crippen LogP contribution >= 0.6 is 23.2 Å². The van der Waals surface area contributed by atoms with Crippen LogP contribution in [0.5, 0.6) is 0 Å². The van der Waals surface area contributed by atoms with Crippen LogP contribution in [0.15, 0.2) is 36.7 Å².